The van der Waals surface area contributed by atoms with E-state index in [1.165, 1.54) is 0 Å². The normalized spacial score (nSPS) is 12.8. The van der Waals surface area contributed by atoms with Gasteiger partial charge in [-0.1, -0.05) is 19.1 Å². The fraction of sp³-hybridized carbons (Fsp3) is 0.400. The third kappa shape index (κ3) is 2.99. The zero-order valence-corrected chi connectivity index (χ0v) is 13.1. The Bertz CT molecular complexity index is 737. The number of nitrogens with zero attached hydrogens (tertiary/aromatic N) is 1. The van der Waals surface area contributed by atoms with Crippen LogP contribution in [0.15, 0.2) is 35.4 Å². The second-order valence-corrected chi connectivity index (χ2v) is 7.33. The predicted octanol–water partition coefficient (Wildman–Crippen LogP) is 3.01. The monoisotopic (exact) mass is 292 g/mol. The molecule has 5 heteroatoms. The molecule has 2 aromatic rings. The highest BCUT2D eigenvalue weighted by molar-refractivity contribution is 7.89. The van der Waals surface area contributed by atoms with Crippen molar-refractivity contribution in [2.75, 3.05) is 0 Å². The molecule has 2 rings (SSSR count). The number of aryl methyl sites for hydroxylation is 1. The van der Waals surface area contributed by atoms with Gasteiger partial charge in [-0.05, 0) is 44.9 Å². The van der Waals surface area contributed by atoms with Gasteiger partial charge < -0.3 is 0 Å². The van der Waals surface area contributed by atoms with Crippen LogP contribution in [0.3, 0.4) is 0 Å². The number of benzene rings is 1. The molecule has 108 valence electrons. The molecule has 1 N–H and O–H groups in total. The lowest BCUT2D eigenvalue weighted by atomic mass is 10.0. The zero-order chi connectivity index (χ0) is 15.0. The molecule has 0 atom stereocenters. The molecule has 0 fully saturated rings. The Kier molecular flexibility index (Phi) is 3.84. The molecule has 0 saturated carbocycles. The van der Waals surface area contributed by atoms with Crippen molar-refractivity contribution >= 4 is 20.9 Å². The van der Waals surface area contributed by atoms with Gasteiger partial charge in [-0.25, -0.2) is 13.1 Å². The SMILES string of the molecule is CCC(C)(C)NS(=O)(=O)c1cccc2cc(C)cnc12. The van der Waals surface area contributed by atoms with Gasteiger partial charge in [-0.2, -0.15) is 0 Å². The van der Waals surface area contributed by atoms with Crippen molar-refractivity contribution in [3.05, 3.63) is 36.0 Å². The van der Waals surface area contributed by atoms with Crippen molar-refractivity contribution < 1.29 is 8.42 Å². The van der Waals surface area contributed by atoms with Crippen molar-refractivity contribution in [1.29, 1.82) is 0 Å². The summed E-state index contributed by atoms with van der Waals surface area (Å²) in [5, 5.41) is 0.835. The summed E-state index contributed by atoms with van der Waals surface area (Å²) >= 11 is 0. The number of hydrogen-bond donors (Lipinski definition) is 1. The van der Waals surface area contributed by atoms with Crippen LogP contribution in [0.2, 0.25) is 0 Å². The molecule has 20 heavy (non-hydrogen) atoms. The predicted molar refractivity (Wildman–Crippen MR) is 81.2 cm³/mol. The summed E-state index contributed by atoms with van der Waals surface area (Å²) in [5.41, 5.74) is 1.04. The fourth-order valence-corrected chi connectivity index (χ4v) is 3.62. The van der Waals surface area contributed by atoms with Crippen molar-refractivity contribution in [2.45, 2.75) is 44.6 Å². The molecule has 0 bridgehead atoms. The van der Waals surface area contributed by atoms with E-state index in [-0.39, 0.29) is 4.90 Å². The largest absolute Gasteiger partial charge is 0.255 e. The van der Waals surface area contributed by atoms with Gasteiger partial charge in [-0.15, -0.1) is 0 Å². The Morgan fingerprint density at radius 3 is 2.65 bits per heavy atom. The van der Waals surface area contributed by atoms with E-state index in [9.17, 15) is 8.42 Å². The fourth-order valence-electron chi connectivity index (χ4n) is 1.95. The van der Waals surface area contributed by atoms with E-state index in [1.807, 2.05) is 39.8 Å². The molecule has 4 nitrogen and oxygen atoms in total. The van der Waals surface area contributed by atoms with Crippen molar-refractivity contribution in [1.82, 2.24) is 9.71 Å². The van der Waals surface area contributed by atoms with E-state index in [4.69, 9.17) is 0 Å². The Labute approximate surface area is 120 Å². The number of fused-ring (bicyclic) bond motifs is 1. The van der Waals surface area contributed by atoms with Gasteiger partial charge in [0.15, 0.2) is 0 Å². The summed E-state index contributed by atoms with van der Waals surface area (Å²) in [5.74, 6) is 0. The molecule has 1 aromatic carbocycles. The average Bonchev–Trinajstić information content (AvgIpc) is 2.36. The molecule has 0 amide bonds. The minimum atomic E-state index is -3.58. The molecule has 1 heterocycles. The van der Waals surface area contributed by atoms with Crippen molar-refractivity contribution in [3.63, 3.8) is 0 Å². The number of aromatic nitrogens is 1. The number of pyridine rings is 1. The van der Waals surface area contributed by atoms with Crippen LogP contribution in [-0.4, -0.2) is 18.9 Å². The summed E-state index contributed by atoms with van der Waals surface area (Å²) < 4.78 is 27.8. The Balaban J connectivity index is 2.58. The topological polar surface area (TPSA) is 59.1 Å². The lowest BCUT2D eigenvalue weighted by Gasteiger charge is -2.24. The molecule has 1 aromatic heterocycles. The highest BCUT2D eigenvalue weighted by atomic mass is 32.2. The van der Waals surface area contributed by atoms with Gasteiger partial charge in [0, 0.05) is 17.1 Å². The van der Waals surface area contributed by atoms with Crippen LogP contribution in [0.1, 0.15) is 32.8 Å². The van der Waals surface area contributed by atoms with Crippen LogP contribution >= 0.6 is 0 Å². The van der Waals surface area contributed by atoms with Crippen LogP contribution < -0.4 is 4.72 Å². The average molecular weight is 292 g/mol. The molecule has 0 radical (unpaired) electrons. The molecule has 0 aliphatic carbocycles. The van der Waals surface area contributed by atoms with Gasteiger partial charge in [0.05, 0.1) is 5.52 Å². The number of rotatable bonds is 4. The van der Waals surface area contributed by atoms with E-state index in [0.29, 0.717) is 11.9 Å². The number of nitrogens with one attached hydrogen (secondary N) is 1. The first-order chi connectivity index (χ1) is 9.25. The number of para-hydroxylation sites is 1. The second-order valence-electron chi connectivity index (χ2n) is 5.68. The first kappa shape index (κ1) is 14.9. The Morgan fingerprint density at radius 2 is 2.00 bits per heavy atom. The number of sulfonamides is 1. The lowest BCUT2D eigenvalue weighted by molar-refractivity contribution is 0.439. The molecular formula is C15H20N2O2S. The summed E-state index contributed by atoms with van der Waals surface area (Å²) in [7, 11) is -3.58. The van der Waals surface area contributed by atoms with E-state index in [1.54, 1.807) is 18.3 Å². The maximum absolute atomic E-state index is 12.6. The smallest absolute Gasteiger partial charge is 0.243 e. The van der Waals surface area contributed by atoms with Gasteiger partial charge >= 0.3 is 0 Å². The molecular weight excluding hydrogens is 272 g/mol. The van der Waals surface area contributed by atoms with Gasteiger partial charge in [0.1, 0.15) is 4.90 Å². The lowest BCUT2D eigenvalue weighted by Crippen LogP contribution is -2.42. The summed E-state index contributed by atoms with van der Waals surface area (Å²) in [6.07, 6.45) is 2.40. The Hall–Kier alpha value is -1.46. The minimum Gasteiger partial charge on any atom is -0.255 e. The van der Waals surface area contributed by atoms with E-state index in [0.717, 1.165) is 10.9 Å². The van der Waals surface area contributed by atoms with Gasteiger partial charge in [-0.3, -0.25) is 4.98 Å². The van der Waals surface area contributed by atoms with Crippen molar-refractivity contribution in [2.24, 2.45) is 0 Å². The quantitative estimate of drug-likeness (QED) is 0.942. The van der Waals surface area contributed by atoms with Crippen LogP contribution in [-0.2, 0) is 10.0 Å². The van der Waals surface area contributed by atoms with Gasteiger partial charge in [0.2, 0.25) is 10.0 Å². The molecule has 0 saturated heterocycles. The maximum atomic E-state index is 12.6. The summed E-state index contributed by atoms with van der Waals surface area (Å²) in [6.45, 7) is 7.62. The van der Waals surface area contributed by atoms with Gasteiger partial charge in [0.25, 0.3) is 0 Å². The third-order valence-corrected chi connectivity index (χ3v) is 5.12. The number of hydrogen-bond acceptors (Lipinski definition) is 3. The third-order valence-electron chi connectivity index (χ3n) is 3.39. The van der Waals surface area contributed by atoms with E-state index < -0.39 is 15.6 Å². The highest BCUT2D eigenvalue weighted by Gasteiger charge is 2.26. The minimum absolute atomic E-state index is 0.233. The van der Waals surface area contributed by atoms with Crippen LogP contribution in [0.4, 0.5) is 0 Å². The van der Waals surface area contributed by atoms with E-state index >= 15 is 0 Å². The molecule has 0 spiro atoms. The summed E-state index contributed by atoms with van der Waals surface area (Å²) in [6, 6.07) is 7.15. The van der Waals surface area contributed by atoms with Crippen molar-refractivity contribution in [3.8, 4) is 0 Å². The zero-order valence-electron chi connectivity index (χ0n) is 12.3. The standard InChI is InChI=1S/C15H20N2O2S/c1-5-15(3,4)17-20(18,19)13-8-6-7-12-9-11(2)10-16-14(12)13/h6-10,17H,5H2,1-4H3. The first-order valence-electron chi connectivity index (χ1n) is 6.64. The van der Waals surface area contributed by atoms with Crippen LogP contribution in [0.5, 0.6) is 0 Å². The van der Waals surface area contributed by atoms with Crippen LogP contribution in [0, 0.1) is 6.92 Å². The first-order valence-corrected chi connectivity index (χ1v) is 8.13. The van der Waals surface area contributed by atoms with E-state index in [2.05, 4.69) is 9.71 Å². The molecule has 0 aliphatic rings. The highest BCUT2D eigenvalue weighted by Crippen LogP contribution is 2.23. The second kappa shape index (κ2) is 5.14. The van der Waals surface area contributed by atoms with Crippen LogP contribution in [0.25, 0.3) is 10.9 Å². The summed E-state index contributed by atoms with van der Waals surface area (Å²) in [4.78, 5) is 4.52. The molecule has 0 unspecified atom stereocenters. The Morgan fingerprint density at radius 1 is 1.30 bits per heavy atom. The maximum Gasteiger partial charge on any atom is 0.243 e. The molecule has 0 aliphatic heterocycles.